The number of nitrogens with one attached hydrogen (secondary N) is 1. The molecular weight excluding hydrogens is 212 g/mol. The third kappa shape index (κ3) is 2.96. The lowest BCUT2D eigenvalue weighted by molar-refractivity contribution is 0.597. The van der Waals surface area contributed by atoms with Crippen LogP contribution in [-0.4, -0.2) is 8.42 Å². The molecule has 0 aromatic heterocycles. The molecule has 0 saturated carbocycles. The molecule has 0 aliphatic carbocycles. The minimum atomic E-state index is -3.61. The lowest BCUT2D eigenvalue weighted by Crippen LogP contribution is -2.12. The number of hydrogen-bond acceptors (Lipinski definition) is 3. The first kappa shape index (κ1) is 10.5. The monoisotopic (exact) mass is 220 g/mol. The van der Waals surface area contributed by atoms with E-state index in [9.17, 15) is 8.42 Å². The van der Waals surface area contributed by atoms with Gasteiger partial charge in [-0.15, -0.1) is 0 Å². The Labute approximate surface area is 81.9 Å². The van der Waals surface area contributed by atoms with Gasteiger partial charge in [-0.05, 0) is 29.5 Å². The van der Waals surface area contributed by atoms with Crippen LogP contribution in [0.15, 0.2) is 29.2 Å². The normalized spacial score (nSPS) is 11.5. The molecule has 0 spiro atoms. The van der Waals surface area contributed by atoms with Crippen LogP contribution in [0, 0.1) is 0 Å². The molecule has 72 valence electrons. The Bertz CT molecular complexity index is 391. The molecule has 13 heavy (non-hydrogen) atoms. The van der Waals surface area contributed by atoms with Crippen molar-refractivity contribution in [1.82, 2.24) is 4.84 Å². The van der Waals surface area contributed by atoms with Gasteiger partial charge >= 0.3 is 0 Å². The Morgan fingerprint density at radius 3 is 2.69 bits per heavy atom. The molecule has 0 fully saturated rings. The lowest BCUT2D eigenvalue weighted by Gasteiger charge is -2.01. The minimum Gasteiger partial charge on any atom is -0.229 e. The second-order valence-electron chi connectivity index (χ2n) is 2.50. The summed E-state index contributed by atoms with van der Waals surface area (Å²) in [6.45, 7) is 0.394. The molecule has 6 heteroatoms. The first-order chi connectivity index (χ1) is 6.04. The topological polar surface area (TPSA) is 72.2 Å². The first-order valence-electron chi connectivity index (χ1n) is 3.49. The van der Waals surface area contributed by atoms with Crippen molar-refractivity contribution < 1.29 is 8.42 Å². The Hall–Kier alpha value is -0.620. The molecule has 0 bridgehead atoms. The molecule has 3 N–H and O–H groups in total. The highest BCUT2D eigenvalue weighted by Crippen LogP contribution is 2.09. The highest BCUT2D eigenvalue weighted by Gasteiger charge is 2.06. The molecule has 1 rings (SSSR count). The number of rotatable bonds is 3. The Kier molecular flexibility index (Phi) is 3.27. The molecule has 4 nitrogen and oxygen atoms in total. The quantitative estimate of drug-likeness (QED) is 0.732. The molecule has 0 radical (unpaired) electrons. The average molecular weight is 221 g/mol. The van der Waals surface area contributed by atoms with Gasteiger partial charge in [-0.2, -0.15) is 0 Å². The molecule has 0 saturated heterocycles. The van der Waals surface area contributed by atoms with Crippen LogP contribution in [0.2, 0.25) is 0 Å². The SMILES string of the molecule is NS(=O)(=O)c1cccc(CNCl)c1. The highest BCUT2D eigenvalue weighted by atomic mass is 35.5. The van der Waals surface area contributed by atoms with E-state index >= 15 is 0 Å². The van der Waals surface area contributed by atoms with Gasteiger partial charge < -0.3 is 0 Å². The van der Waals surface area contributed by atoms with Crippen LogP contribution >= 0.6 is 11.8 Å². The maximum absolute atomic E-state index is 10.9. The Morgan fingerprint density at radius 2 is 2.15 bits per heavy atom. The van der Waals surface area contributed by atoms with Crippen LogP contribution in [0.5, 0.6) is 0 Å². The van der Waals surface area contributed by atoms with E-state index in [2.05, 4.69) is 4.84 Å². The van der Waals surface area contributed by atoms with Crippen LogP contribution < -0.4 is 9.97 Å². The molecule has 1 aromatic rings. The zero-order valence-electron chi connectivity index (χ0n) is 6.70. The summed E-state index contributed by atoms with van der Waals surface area (Å²) >= 11 is 5.27. The Morgan fingerprint density at radius 1 is 1.46 bits per heavy atom. The van der Waals surface area contributed by atoms with Crippen LogP contribution in [0.3, 0.4) is 0 Å². The predicted octanol–water partition coefficient (Wildman–Crippen LogP) is 0.577. The fourth-order valence-corrected chi connectivity index (χ4v) is 1.65. The summed E-state index contributed by atoms with van der Waals surface area (Å²) < 4.78 is 21.8. The van der Waals surface area contributed by atoms with Gasteiger partial charge in [-0.25, -0.2) is 18.4 Å². The van der Waals surface area contributed by atoms with Crippen molar-refractivity contribution in [1.29, 1.82) is 0 Å². The summed E-state index contributed by atoms with van der Waals surface area (Å²) in [5, 5.41) is 4.94. The zero-order valence-corrected chi connectivity index (χ0v) is 8.27. The largest absolute Gasteiger partial charge is 0.238 e. The van der Waals surface area contributed by atoms with E-state index < -0.39 is 10.0 Å². The molecule has 0 amide bonds. The summed E-state index contributed by atoms with van der Waals surface area (Å²) in [4.78, 5) is 2.49. The van der Waals surface area contributed by atoms with Crippen LogP contribution in [0.25, 0.3) is 0 Å². The van der Waals surface area contributed by atoms with E-state index in [1.54, 1.807) is 12.1 Å². The van der Waals surface area contributed by atoms with Gasteiger partial charge in [0.15, 0.2) is 0 Å². The van der Waals surface area contributed by atoms with Gasteiger partial charge in [0.05, 0.1) is 4.90 Å². The van der Waals surface area contributed by atoms with E-state index in [1.165, 1.54) is 12.1 Å². The van der Waals surface area contributed by atoms with Crippen molar-refractivity contribution in [2.45, 2.75) is 11.4 Å². The predicted molar refractivity (Wildman–Crippen MR) is 50.5 cm³/mol. The fraction of sp³-hybridized carbons (Fsp3) is 0.143. The molecule has 0 aliphatic rings. The summed E-state index contributed by atoms with van der Waals surface area (Å²) in [5.74, 6) is 0. The molecule has 0 atom stereocenters. The average Bonchev–Trinajstić information content (AvgIpc) is 2.04. The molecule has 1 aromatic carbocycles. The van der Waals surface area contributed by atoms with Crippen LogP contribution in [0.4, 0.5) is 0 Å². The number of sulfonamides is 1. The van der Waals surface area contributed by atoms with Gasteiger partial charge in [0, 0.05) is 6.54 Å². The number of primary sulfonamides is 1. The van der Waals surface area contributed by atoms with Crippen molar-refractivity contribution in [2.75, 3.05) is 0 Å². The van der Waals surface area contributed by atoms with Crippen molar-refractivity contribution in [3.63, 3.8) is 0 Å². The summed E-state index contributed by atoms with van der Waals surface area (Å²) in [6, 6.07) is 6.28. The van der Waals surface area contributed by atoms with E-state index in [0.29, 0.717) is 6.54 Å². The highest BCUT2D eigenvalue weighted by molar-refractivity contribution is 7.89. The van der Waals surface area contributed by atoms with Gasteiger partial charge in [0.2, 0.25) is 10.0 Å². The second kappa shape index (κ2) is 4.06. The van der Waals surface area contributed by atoms with E-state index in [4.69, 9.17) is 16.9 Å². The smallest absolute Gasteiger partial charge is 0.229 e. The number of hydrogen-bond donors (Lipinski definition) is 2. The van der Waals surface area contributed by atoms with Gasteiger partial charge in [-0.1, -0.05) is 12.1 Å². The van der Waals surface area contributed by atoms with Gasteiger partial charge in [0.1, 0.15) is 0 Å². The van der Waals surface area contributed by atoms with Gasteiger partial charge in [0.25, 0.3) is 0 Å². The van der Waals surface area contributed by atoms with E-state index in [1.807, 2.05) is 0 Å². The van der Waals surface area contributed by atoms with E-state index in [-0.39, 0.29) is 4.90 Å². The number of benzene rings is 1. The van der Waals surface area contributed by atoms with E-state index in [0.717, 1.165) is 5.56 Å². The van der Waals surface area contributed by atoms with Crippen LogP contribution in [-0.2, 0) is 16.6 Å². The lowest BCUT2D eigenvalue weighted by atomic mass is 10.2. The molecule has 0 aliphatic heterocycles. The third-order valence-electron chi connectivity index (χ3n) is 1.50. The summed E-state index contributed by atoms with van der Waals surface area (Å²) in [6.07, 6.45) is 0. The van der Waals surface area contributed by atoms with Gasteiger partial charge in [-0.3, -0.25) is 0 Å². The molecule has 0 unspecified atom stereocenters. The van der Waals surface area contributed by atoms with Crippen molar-refractivity contribution in [3.8, 4) is 0 Å². The number of nitrogens with two attached hydrogens (primary N) is 1. The molecular formula is C7H9ClN2O2S. The maximum Gasteiger partial charge on any atom is 0.238 e. The van der Waals surface area contributed by atoms with Crippen molar-refractivity contribution >= 4 is 21.8 Å². The summed E-state index contributed by atoms with van der Waals surface area (Å²) in [7, 11) is -3.61. The Balaban J connectivity index is 3.06. The fourth-order valence-electron chi connectivity index (χ4n) is 0.910. The van der Waals surface area contributed by atoms with Crippen LogP contribution in [0.1, 0.15) is 5.56 Å². The second-order valence-corrected chi connectivity index (χ2v) is 4.33. The van der Waals surface area contributed by atoms with Crippen molar-refractivity contribution in [2.24, 2.45) is 5.14 Å². The summed E-state index contributed by atoms with van der Waals surface area (Å²) in [5.41, 5.74) is 0.765. The third-order valence-corrected chi connectivity index (χ3v) is 2.54. The zero-order chi connectivity index (χ0) is 9.90. The minimum absolute atomic E-state index is 0.0944. The van der Waals surface area contributed by atoms with Crippen molar-refractivity contribution in [3.05, 3.63) is 29.8 Å². The molecule has 0 heterocycles. The number of halogens is 1. The first-order valence-corrected chi connectivity index (χ1v) is 5.41. The maximum atomic E-state index is 10.9. The standard InChI is InChI=1S/C7H9ClN2O2S/c8-10-5-6-2-1-3-7(4-6)13(9,11)12/h1-4,10H,5H2,(H2,9,11,12).